The van der Waals surface area contributed by atoms with Crippen LogP contribution in [0.5, 0.6) is 0 Å². The Morgan fingerprint density at radius 3 is 2.67 bits per heavy atom. The first-order valence-electron chi connectivity index (χ1n) is 9.33. The Balaban J connectivity index is 2.03. The van der Waals surface area contributed by atoms with Crippen LogP contribution in [-0.4, -0.2) is 27.2 Å². The fraction of sp³-hybridized carbons (Fsp3) is 0.227. The Bertz CT molecular complexity index is 1160. The summed E-state index contributed by atoms with van der Waals surface area (Å²) in [6.45, 7) is 3.26. The number of hydrogen-bond donors (Lipinski definition) is 2. The van der Waals surface area contributed by atoms with Gasteiger partial charge in [-0.05, 0) is 59.6 Å². The Morgan fingerprint density at radius 1 is 1.23 bits per heavy atom. The van der Waals surface area contributed by atoms with Crippen molar-refractivity contribution in [3.63, 3.8) is 0 Å². The number of benzene rings is 2. The minimum absolute atomic E-state index is 0.165. The maximum Gasteiger partial charge on any atom is 0.257 e. The molecule has 0 aliphatic rings. The van der Waals surface area contributed by atoms with Gasteiger partial charge < -0.3 is 10.4 Å². The van der Waals surface area contributed by atoms with Gasteiger partial charge in [0.1, 0.15) is 12.4 Å². The largest absolute Gasteiger partial charge is 0.396 e. The Morgan fingerprint density at radius 2 is 2.00 bits per heavy atom. The number of aryl methyl sites for hydroxylation is 2. The van der Waals surface area contributed by atoms with Gasteiger partial charge in [-0.15, -0.1) is 0 Å². The number of rotatable bonds is 6. The lowest BCUT2D eigenvalue weighted by Crippen LogP contribution is -2.33. The zero-order valence-electron chi connectivity index (χ0n) is 16.6. The summed E-state index contributed by atoms with van der Waals surface area (Å²) in [6.07, 6.45) is 0.165. The van der Waals surface area contributed by atoms with Crippen molar-refractivity contribution in [3.05, 3.63) is 79.1 Å². The number of aliphatic hydroxyl groups excluding tert-OH is 1. The van der Waals surface area contributed by atoms with Gasteiger partial charge in [0.2, 0.25) is 5.91 Å². The van der Waals surface area contributed by atoms with Gasteiger partial charge >= 0.3 is 0 Å². The van der Waals surface area contributed by atoms with Crippen LogP contribution in [0.15, 0.2) is 51.7 Å². The van der Waals surface area contributed by atoms with E-state index in [0.29, 0.717) is 33.4 Å². The summed E-state index contributed by atoms with van der Waals surface area (Å²) in [5.74, 6) is -0.0228. The van der Waals surface area contributed by atoms with Crippen LogP contribution in [0.4, 0.5) is 5.69 Å². The van der Waals surface area contributed by atoms with E-state index in [1.807, 2.05) is 19.1 Å². The molecule has 0 aliphatic carbocycles. The highest BCUT2D eigenvalue weighted by molar-refractivity contribution is 9.10. The van der Waals surface area contributed by atoms with Crippen LogP contribution in [0.25, 0.3) is 11.4 Å². The fourth-order valence-corrected chi connectivity index (χ4v) is 3.93. The van der Waals surface area contributed by atoms with Gasteiger partial charge in [0.05, 0.1) is 5.69 Å². The highest BCUT2D eigenvalue weighted by Gasteiger charge is 2.18. The van der Waals surface area contributed by atoms with Crippen LogP contribution >= 0.6 is 27.5 Å². The monoisotopic (exact) mass is 489 g/mol. The Hall–Kier alpha value is -2.48. The van der Waals surface area contributed by atoms with Crippen molar-refractivity contribution in [3.8, 4) is 11.4 Å². The molecule has 0 bridgehead atoms. The molecule has 1 heterocycles. The number of carbonyl (C=O) groups excluding carboxylic acids is 1. The molecule has 0 unspecified atom stereocenters. The molecule has 0 saturated carbocycles. The van der Waals surface area contributed by atoms with Crippen molar-refractivity contribution in [1.82, 2.24) is 9.55 Å². The topological polar surface area (TPSA) is 84.2 Å². The molecule has 0 fully saturated rings. The van der Waals surface area contributed by atoms with Gasteiger partial charge in [0.15, 0.2) is 0 Å². The normalized spacial score (nSPS) is 10.8. The lowest BCUT2D eigenvalue weighted by molar-refractivity contribution is -0.116. The lowest BCUT2D eigenvalue weighted by Gasteiger charge is -2.16. The molecular formula is C22H21BrClN3O3. The minimum atomic E-state index is -0.370. The average Bonchev–Trinajstić information content (AvgIpc) is 2.69. The van der Waals surface area contributed by atoms with Crippen molar-refractivity contribution in [2.24, 2.45) is 0 Å². The number of anilines is 1. The fourth-order valence-electron chi connectivity index (χ4n) is 3.15. The highest BCUT2D eigenvalue weighted by atomic mass is 79.9. The van der Waals surface area contributed by atoms with Crippen LogP contribution in [0.1, 0.15) is 16.8 Å². The van der Waals surface area contributed by atoms with Crippen molar-refractivity contribution in [2.45, 2.75) is 26.8 Å². The number of carbonyl (C=O) groups is 1. The van der Waals surface area contributed by atoms with E-state index in [1.165, 1.54) is 4.57 Å². The van der Waals surface area contributed by atoms with Crippen molar-refractivity contribution < 1.29 is 9.90 Å². The van der Waals surface area contributed by atoms with Crippen LogP contribution in [-0.2, 0) is 17.8 Å². The molecule has 6 nitrogen and oxygen atoms in total. The number of nitrogens with one attached hydrogen (secondary N) is 1. The summed E-state index contributed by atoms with van der Waals surface area (Å²) in [5.41, 5.74) is 2.83. The van der Waals surface area contributed by atoms with E-state index in [4.69, 9.17) is 11.6 Å². The van der Waals surface area contributed by atoms with Crippen LogP contribution in [0.2, 0.25) is 5.02 Å². The molecule has 0 radical (unpaired) electrons. The van der Waals surface area contributed by atoms with Crippen LogP contribution < -0.4 is 10.9 Å². The molecular weight excluding hydrogens is 470 g/mol. The highest BCUT2D eigenvalue weighted by Crippen LogP contribution is 2.24. The van der Waals surface area contributed by atoms with Gasteiger partial charge in [-0.3, -0.25) is 14.2 Å². The molecule has 1 aromatic heterocycles. The number of halogens is 2. The second kappa shape index (κ2) is 9.55. The summed E-state index contributed by atoms with van der Waals surface area (Å²) in [6, 6.07) is 12.5. The number of hydrogen-bond acceptors (Lipinski definition) is 4. The third kappa shape index (κ3) is 4.98. The maximum absolute atomic E-state index is 13.1. The van der Waals surface area contributed by atoms with E-state index in [2.05, 4.69) is 26.2 Å². The molecule has 0 spiro atoms. The van der Waals surface area contributed by atoms with Gasteiger partial charge in [0, 0.05) is 39.3 Å². The summed E-state index contributed by atoms with van der Waals surface area (Å²) in [4.78, 5) is 30.5. The zero-order valence-corrected chi connectivity index (χ0v) is 18.9. The molecule has 3 aromatic rings. The first-order valence-corrected chi connectivity index (χ1v) is 10.5. The average molecular weight is 491 g/mol. The zero-order chi connectivity index (χ0) is 21.8. The van der Waals surface area contributed by atoms with Gasteiger partial charge in [0.25, 0.3) is 5.56 Å². The SMILES string of the molecule is Cc1ccc(NC(=O)Cn2c(-c3cccc(Cl)c3)nc(C)c(CCO)c2=O)c(Br)c1. The maximum atomic E-state index is 13.1. The first-order chi connectivity index (χ1) is 14.3. The molecule has 1 amide bonds. The van der Waals surface area contributed by atoms with E-state index in [1.54, 1.807) is 37.3 Å². The lowest BCUT2D eigenvalue weighted by atomic mass is 10.1. The Labute approximate surface area is 187 Å². The summed E-state index contributed by atoms with van der Waals surface area (Å²) in [5, 5.41) is 12.7. The third-order valence-corrected chi connectivity index (χ3v) is 5.51. The molecule has 156 valence electrons. The van der Waals surface area contributed by atoms with E-state index in [-0.39, 0.29) is 31.0 Å². The second-order valence-corrected chi connectivity index (χ2v) is 8.20. The van der Waals surface area contributed by atoms with Crippen molar-refractivity contribution >= 4 is 39.1 Å². The predicted octanol–water partition coefficient (Wildman–Crippen LogP) is 4.12. The number of nitrogens with zero attached hydrogens (tertiary/aromatic N) is 2. The third-order valence-electron chi connectivity index (χ3n) is 4.61. The smallest absolute Gasteiger partial charge is 0.257 e. The molecule has 0 atom stereocenters. The van der Waals surface area contributed by atoms with Gasteiger partial charge in [-0.25, -0.2) is 4.98 Å². The standard InChI is InChI=1S/C22H21BrClN3O3/c1-13-6-7-19(18(23)10-13)26-20(29)12-27-21(15-4-3-5-16(24)11-15)25-14(2)17(8-9-28)22(27)30/h3-7,10-11,28H,8-9,12H2,1-2H3,(H,26,29). The minimum Gasteiger partial charge on any atom is -0.396 e. The summed E-state index contributed by atoms with van der Waals surface area (Å²) < 4.78 is 2.07. The molecule has 8 heteroatoms. The van der Waals surface area contributed by atoms with Gasteiger partial charge in [-0.1, -0.05) is 29.8 Å². The summed E-state index contributed by atoms with van der Waals surface area (Å²) in [7, 11) is 0. The summed E-state index contributed by atoms with van der Waals surface area (Å²) >= 11 is 9.56. The quantitative estimate of drug-likeness (QED) is 0.544. The molecule has 30 heavy (non-hydrogen) atoms. The number of aromatic nitrogens is 2. The molecule has 3 rings (SSSR count). The molecule has 0 saturated heterocycles. The van der Waals surface area contributed by atoms with Gasteiger partial charge in [-0.2, -0.15) is 0 Å². The Kier molecular flexibility index (Phi) is 7.07. The van der Waals surface area contributed by atoms with E-state index in [0.717, 1.165) is 10.0 Å². The van der Waals surface area contributed by atoms with Crippen LogP contribution in [0.3, 0.4) is 0 Å². The van der Waals surface area contributed by atoms with E-state index >= 15 is 0 Å². The number of amides is 1. The van der Waals surface area contributed by atoms with Crippen molar-refractivity contribution in [1.29, 1.82) is 0 Å². The number of aliphatic hydroxyl groups is 1. The second-order valence-electron chi connectivity index (χ2n) is 6.91. The van der Waals surface area contributed by atoms with E-state index < -0.39 is 0 Å². The first kappa shape index (κ1) is 22.2. The molecule has 0 aliphatic heterocycles. The van der Waals surface area contributed by atoms with E-state index in [9.17, 15) is 14.7 Å². The molecule has 2 aromatic carbocycles. The molecule has 2 N–H and O–H groups in total. The predicted molar refractivity (Wildman–Crippen MR) is 122 cm³/mol. The van der Waals surface area contributed by atoms with Crippen LogP contribution in [0, 0.1) is 13.8 Å². The van der Waals surface area contributed by atoms with Crippen molar-refractivity contribution in [2.75, 3.05) is 11.9 Å².